The van der Waals surface area contributed by atoms with Gasteiger partial charge in [-0.05, 0) is 28.1 Å². The summed E-state index contributed by atoms with van der Waals surface area (Å²) in [5, 5.41) is 2.00. The predicted octanol–water partition coefficient (Wildman–Crippen LogP) is 3.80. The van der Waals surface area contributed by atoms with Crippen LogP contribution in [0.2, 0.25) is 0 Å². The average molecular weight is 323 g/mol. The van der Waals surface area contributed by atoms with E-state index in [1.54, 1.807) is 11.3 Å². The maximum absolute atomic E-state index is 12.3. The lowest BCUT2D eigenvalue weighted by atomic mass is 9.95. The highest BCUT2D eigenvalue weighted by Crippen LogP contribution is 2.35. The number of hydrogen-bond acceptors (Lipinski definition) is 3. The number of para-hydroxylation sites is 1. The second-order valence-corrected chi connectivity index (χ2v) is 6.19. The number of thiophene rings is 1. The molecule has 0 saturated heterocycles. The minimum Gasteiger partial charge on any atom is -0.492 e. The predicted molar refractivity (Wildman–Crippen MR) is 75.4 cm³/mol. The second-order valence-electron chi connectivity index (χ2n) is 4.28. The molecule has 1 aliphatic rings. The van der Waals surface area contributed by atoms with Gasteiger partial charge in [-0.3, -0.25) is 4.79 Å². The van der Waals surface area contributed by atoms with Crippen molar-refractivity contribution in [2.24, 2.45) is 0 Å². The summed E-state index contributed by atoms with van der Waals surface area (Å²) in [5.74, 6) is 0.972. The SMILES string of the molecule is O=C(Cc1cc(Br)cs1)C1COc2ccccc21. The van der Waals surface area contributed by atoms with Gasteiger partial charge in [-0.1, -0.05) is 18.2 Å². The summed E-state index contributed by atoms with van der Waals surface area (Å²) in [5.41, 5.74) is 1.03. The van der Waals surface area contributed by atoms with Crippen LogP contribution in [0.25, 0.3) is 0 Å². The fourth-order valence-corrected chi connectivity index (χ4v) is 3.63. The largest absolute Gasteiger partial charge is 0.492 e. The van der Waals surface area contributed by atoms with E-state index in [2.05, 4.69) is 15.9 Å². The molecule has 2 aromatic rings. The molecule has 0 aliphatic carbocycles. The van der Waals surface area contributed by atoms with Crippen molar-refractivity contribution in [3.05, 3.63) is 50.6 Å². The highest BCUT2D eigenvalue weighted by atomic mass is 79.9. The van der Waals surface area contributed by atoms with Crippen LogP contribution in [-0.4, -0.2) is 12.4 Å². The number of halogens is 1. The lowest BCUT2D eigenvalue weighted by Crippen LogP contribution is -2.15. The molecule has 0 N–H and O–H groups in total. The third-order valence-corrected chi connectivity index (χ3v) is 4.76. The zero-order valence-electron chi connectivity index (χ0n) is 9.56. The molecule has 1 aromatic heterocycles. The van der Waals surface area contributed by atoms with Crippen molar-refractivity contribution in [3.8, 4) is 5.75 Å². The van der Waals surface area contributed by atoms with Crippen LogP contribution in [0.4, 0.5) is 0 Å². The Morgan fingerprint density at radius 1 is 1.44 bits per heavy atom. The highest BCUT2D eigenvalue weighted by molar-refractivity contribution is 9.10. The molecular weight excluding hydrogens is 312 g/mol. The molecule has 0 fully saturated rings. The van der Waals surface area contributed by atoms with Crippen molar-refractivity contribution in [2.75, 3.05) is 6.61 Å². The molecule has 1 atom stereocenters. The fraction of sp³-hybridized carbons (Fsp3) is 0.214. The molecule has 1 aliphatic heterocycles. The molecule has 92 valence electrons. The van der Waals surface area contributed by atoms with Gasteiger partial charge in [0.1, 0.15) is 18.1 Å². The van der Waals surface area contributed by atoms with Crippen LogP contribution in [0.15, 0.2) is 40.2 Å². The van der Waals surface area contributed by atoms with E-state index in [9.17, 15) is 4.79 Å². The molecule has 2 heterocycles. The first-order valence-electron chi connectivity index (χ1n) is 5.71. The van der Waals surface area contributed by atoms with E-state index >= 15 is 0 Å². The third kappa shape index (κ3) is 2.22. The smallest absolute Gasteiger partial charge is 0.149 e. The van der Waals surface area contributed by atoms with Crippen LogP contribution >= 0.6 is 27.3 Å². The van der Waals surface area contributed by atoms with Crippen LogP contribution in [0.3, 0.4) is 0 Å². The van der Waals surface area contributed by atoms with Crippen molar-refractivity contribution in [2.45, 2.75) is 12.3 Å². The van der Waals surface area contributed by atoms with Crippen LogP contribution in [0.5, 0.6) is 5.75 Å². The molecule has 4 heteroatoms. The van der Waals surface area contributed by atoms with Crippen molar-refractivity contribution < 1.29 is 9.53 Å². The standard InChI is InChI=1S/C14H11BrO2S/c15-9-5-10(18-8-9)6-13(16)12-7-17-14-4-2-1-3-11(12)14/h1-5,8,12H,6-7H2. The molecule has 0 radical (unpaired) electrons. The first kappa shape index (κ1) is 11.9. The van der Waals surface area contributed by atoms with E-state index in [1.165, 1.54) is 0 Å². The fourth-order valence-electron chi connectivity index (χ4n) is 2.17. The Hall–Kier alpha value is -1.13. The average Bonchev–Trinajstić information content (AvgIpc) is 2.95. The number of ether oxygens (including phenoxy) is 1. The highest BCUT2D eigenvalue weighted by Gasteiger charge is 2.29. The van der Waals surface area contributed by atoms with E-state index in [1.807, 2.05) is 35.7 Å². The van der Waals surface area contributed by atoms with Gasteiger partial charge in [0, 0.05) is 26.7 Å². The third-order valence-electron chi connectivity index (χ3n) is 3.06. The Balaban J connectivity index is 1.78. The Kier molecular flexibility index (Phi) is 3.22. The summed E-state index contributed by atoms with van der Waals surface area (Å²) in [6.45, 7) is 0.477. The minimum absolute atomic E-state index is 0.109. The van der Waals surface area contributed by atoms with Crippen LogP contribution in [0, 0.1) is 0 Å². The van der Waals surface area contributed by atoms with Crippen molar-refractivity contribution in [1.29, 1.82) is 0 Å². The summed E-state index contributed by atoms with van der Waals surface area (Å²) < 4.78 is 6.59. The number of fused-ring (bicyclic) bond motifs is 1. The van der Waals surface area contributed by atoms with E-state index in [0.29, 0.717) is 13.0 Å². The van der Waals surface area contributed by atoms with Crippen molar-refractivity contribution >= 4 is 33.0 Å². The maximum Gasteiger partial charge on any atom is 0.149 e. The van der Waals surface area contributed by atoms with E-state index in [0.717, 1.165) is 20.7 Å². The van der Waals surface area contributed by atoms with Gasteiger partial charge in [0.15, 0.2) is 0 Å². The molecule has 18 heavy (non-hydrogen) atoms. The number of carbonyl (C=O) groups excluding carboxylic acids is 1. The number of rotatable bonds is 3. The van der Waals surface area contributed by atoms with Gasteiger partial charge in [-0.15, -0.1) is 11.3 Å². The number of benzene rings is 1. The molecule has 1 unspecified atom stereocenters. The van der Waals surface area contributed by atoms with Gasteiger partial charge in [0.2, 0.25) is 0 Å². The van der Waals surface area contributed by atoms with Crippen LogP contribution in [0.1, 0.15) is 16.4 Å². The van der Waals surface area contributed by atoms with Crippen LogP contribution in [-0.2, 0) is 11.2 Å². The van der Waals surface area contributed by atoms with E-state index in [-0.39, 0.29) is 11.7 Å². The Labute approximate surface area is 118 Å². The van der Waals surface area contributed by atoms with E-state index in [4.69, 9.17) is 4.74 Å². The molecule has 0 spiro atoms. The summed E-state index contributed by atoms with van der Waals surface area (Å²) in [7, 11) is 0. The van der Waals surface area contributed by atoms with Gasteiger partial charge in [0.05, 0.1) is 5.92 Å². The number of Topliss-reactive ketones (excluding diaryl/α,β-unsaturated/α-hetero) is 1. The topological polar surface area (TPSA) is 26.3 Å². The molecule has 1 aromatic carbocycles. The number of hydrogen-bond donors (Lipinski definition) is 0. The van der Waals surface area contributed by atoms with Gasteiger partial charge in [-0.25, -0.2) is 0 Å². The maximum atomic E-state index is 12.3. The Morgan fingerprint density at radius 3 is 3.06 bits per heavy atom. The first-order chi connectivity index (χ1) is 8.74. The monoisotopic (exact) mass is 322 g/mol. The Morgan fingerprint density at radius 2 is 2.28 bits per heavy atom. The van der Waals surface area contributed by atoms with Crippen molar-refractivity contribution in [3.63, 3.8) is 0 Å². The molecule has 0 amide bonds. The normalized spacial score (nSPS) is 17.3. The molecule has 0 saturated carbocycles. The molecular formula is C14H11BrO2S. The van der Waals surface area contributed by atoms with Crippen LogP contribution < -0.4 is 4.74 Å². The summed E-state index contributed by atoms with van der Waals surface area (Å²) >= 11 is 5.02. The summed E-state index contributed by atoms with van der Waals surface area (Å²) in [6.07, 6.45) is 0.485. The molecule has 2 nitrogen and oxygen atoms in total. The van der Waals surface area contributed by atoms with Gasteiger partial charge >= 0.3 is 0 Å². The van der Waals surface area contributed by atoms with Crippen molar-refractivity contribution in [1.82, 2.24) is 0 Å². The number of ketones is 1. The Bertz CT molecular complexity index is 591. The van der Waals surface area contributed by atoms with E-state index < -0.39 is 0 Å². The zero-order valence-corrected chi connectivity index (χ0v) is 12.0. The quantitative estimate of drug-likeness (QED) is 0.859. The number of carbonyl (C=O) groups is 1. The lowest BCUT2D eigenvalue weighted by molar-refractivity contribution is -0.120. The molecule has 0 bridgehead atoms. The second kappa shape index (κ2) is 4.86. The minimum atomic E-state index is -0.109. The lowest BCUT2D eigenvalue weighted by Gasteiger charge is -2.06. The summed E-state index contributed by atoms with van der Waals surface area (Å²) in [4.78, 5) is 13.4. The van der Waals surface area contributed by atoms with Gasteiger partial charge in [-0.2, -0.15) is 0 Å². The summed E-state index contributed by atoms with van der Waals surface area (Å²) in [6, 6.07) is 9.79. The first-order valence-corrected chi connectivity index (χ1v) is 7.38. The molecule has 3 rings (SSSR count). The van der Waals surface area contributed by atoms with Gasteiger partial charge in [0.25, 0.3) is 0 Å². The zero-order chi connectivity index (χ0) is 12.5. The van der Waals surface area contributed by atoms with Gasteiger partial charge < -0.3 is 4.74 Å².